The average molecular weight is 590 g/mol. The third-order valence-electron chi connectivity index (χ3n) is 7.31. The molecule has 10 heteroatoms. The van der Waals surface area contributed by atoms with Gasteiger partial charge < -0.3 is 40.0 Å². The molecule has 3 rings (SSSR count). The van der Waals surface area contributed by atoms with Crippen molar-refractivity contribution in [1.29, 1.82) is 0 Å². The molecule has 2 aliphatic rings. The Bertz CT molecular complexity index is 1260. The van der Waals surface area contributed by atoms with Crippen LogP contribution >= 0.6 is 0 Å². The van der Waals surface area contributed by atoms with Crippen LogP contribution in [0.3, 0.4) is 0 Å². The summed E-state index contributed by atoms with van der Waals surface area (Å²) in [5.74, 6) is -1.90. The molecular weight excluding hydrogens is 549 g/mol. The minimum Gasteiger partial charge on any atom is -0.547 e. The minimum atomic E-state index is -1.87. The summed E-state index contributed by atoms with van der Waals surface area (Å²) in [7, 11) is 0. The second kappa shape index (κ2) is 15.8. The molecule has 0 unspecified atom stereocenters. The Balaban J connectivity index is 0.00000616. The molecule has 1 saturated heterocycles. The van der Waals surface area contributed by atoms with E-state index in [4.69, 9.17) is 9.47 Å². The number of hydrogen-bond acceptors (Lipinski definition) is 8. The topological polar surface area (TPSA) is 148 Å². The number of allylic oxidation sites excluding steroid dienone is 9. The SMILES string of the molecule is CC1=C(/C=C/C(C)=C/C=C/C(C)=C/C(=O)Nc2ccc(O[C@@H]3O[C@H](C(=O)[O-])[C@@H](O)[C@H](O)[C@H]3O)cc2)C(C)(C)CCC1.[Na+]. The number of carbonyl (C=O) groups is 2. The largest absolute Gasteiger partial charge is 1.00 e. The molecule has 1 amide bonds. The van der Waals surface area contributed by atoms with Crippen LogP contribution in [0.4, 0.5) is 5.69 Å². The number of benzene rings is 1. The quantitative estimate of drug-likeness (QED) is 0.180. The third-order valence-corrected chi connectivity index (χ3v) is 7.31. The normalized spacial score (nSPS) is 26.7. The molecule has 9 nitrogen and oxygen atoms in total. The second-order valence-electron chi connectivity index (χ2n) is 11.3. The third kappa shape index (κ3) is 9.77. The number of aliphatic carboxylic acids is 1. The van der Waals surface area contributed by atoms with Crippen molar-refractivity contribution < 1.29 is 69.0 Å². The van der Waals surface area contributed by atoms with E-state index in [9.17, 15) is 30.0 Å². The molecule has 0 spiro atoms. The Kier molecular flexibility index (Phi) is 13.4. The van der Waals surface area contributed by atoms with Gasteiger partial charge >= 0.3 is 29.6 Å². The first kappa shape index (κ1) is 35.7. The molecule has 4 N–H and O–H groups in total. The first-order chi connectivity index (χ1) is 19.3. The number of nitrogens with one attached hydrogen (secondary N) is 1. The number of hydrogen-bond donors (Lipinski definition) is 4. The maximum Gasteiger partial charge on any atom is 1.00 e. The van der Waals surface area contributed by atoms with Gasteiger partial charge in [-0.1, -0.05) is 55.4 Å². The Morgan fingerprint density at radius 2 is 1.71 bits per heavy atom. The van der Waals surface area contributed by atoms with Crippen molar-refractivity contribution in [3.8, 4) is 5.75 Å². The number of aliphatic hydroxyl groups is 3. The Hall–Kier alpha value is -2.50. The summed E-state index contributed by atoms with van der Waals surface area (Å²) in [6, 6.07) is 6.04. The van der Waals surface area contributed by atoms with Crippen molar-refractivity contribution in [1.82, 2.24) is 0 Å². The fourth-order valence-electron chi connectivity index (χ4n) is 4.96. The molecule has 0 aromatic heterocycles. The molecule has 1 aromatic rings. The summed E-state index contributed by atoms with van der Waals surface area (Å²) < 4.78 is 10.5. The van der Waals surface area contributed by atoms with E-state index in [-0.39, 0.29) is 46.6 Å². The molecule has 1 aromatic carbocycles. The zero-order valence-electron chi connectivity index (χ0n) is 25.2. The van der Waals surface area contributed by atoms with Gasteiger partial charge in [0.25, 0.3) is 0 Å². The zero-order chi connectivity index (χ0) is 30.3. The summed E-state index contributed by atoms with van der Waals surface area (Å²) in [5, 5.41) is 43.6. The number of aliphatic hydroxyl groups excluding tert-OH is 3. The van der Waals surface area contributed by atoms with Gasteiger partial charge in [0.05, 0.1) is 5.97 Å². The monoisotopic (exact) mass is 589 g/mol. The molecule has 0 saturated carbocycles. The van der Waals surface area contributed by atoms with Crippen molar-refractivity contribution in [3.05, 3.63) is 83.0 Å². The van der Waals surface area contributed by atoms with E-state index >= 15 is 0 Å². The number of carboxylic acid groups (broad SMARTS) is 1. The maximum atomic E-state index is 12.5. The van der Waals surface area contributed by atoms with E-state index in [1.165, 1.54) is 42.2 Å². The van der Waals surface area contributed by atoms with Crippen LogP contribution in [0, 0.1) is 5.41 Å². The van der Waals surface area contributed by atoms with Crippen LogP contribution in [0.1, 0.15) is 53.9 Å². The number of carboxylic acids is 1. The predicted molar refractivity (Wildman–Crippen MR) is 154 cm³/mol. The van der Waals surface area contributed by atoms with Crippen LogP contribution in [-0.2, 0) is 14.3 Å². The first-order valence-corrected chi connectivity index (χ1v) is 13.7. The van der Waals surface area contributed by atoms with Gasteiger partial charge in [0.15, 0.2) is 0 Å². The maximum absolute atomic E-state index is 12.5. The Morgan fingerprint density at radius 1 is 1.05 bits per heavy atom. The summed E-state index contributed by atoms with van der Waals surface area (Å²) in [6.07, 6.45) is 6.38. The fourth-order valence-corrected chi connectivity index (χ4v) is 4.96. The number of ether oxygens (including phenoxy) is 2. The van der Waals surface area contributed by atoms with Crippen molar-refractivity contribution in [2.45, 2.75) is 84.6 Å². The number of amides is 1. The smallest absolute Gasteiger partial charge is 0.547 e. The van der Waals surface area contributed by atoms with Crippen LogP contribution in [0.5, 0.6) is 5.75 Å². The van der Waals surface area contributed by atoms with Crippen LogP contribution in [0.2, 0.25) is 0 Å². The molecule has 1 fully saturated rings. The van der Waals surface area contributed by atoms with Crippen molar-refractivity contribution in [2.75, 3.05) is 5.32 Å². The van der Waals surface area contributed by atoms with Crippen LogP contribution < -0.4 is 44.7 Å². The van der Waals surface area contributed by atoms with E-state index < -0.39 is 36.7 Å². The molecular formula is C32H40NNaO8. The van der Waals surface area contributed by atoms with Crippen molar-refractivity contribution >= 4 is 17.6 Å². The van der Waals surface area contributed by atoms with Gasteiger partial charge in [-0.15, -0.1) is 0 Å². The van der Waals surface area contributed by atoms with Gasteiger partial charge in [-0.25, -0.2) is 0 Å². The molecule has 0 bridgehead atoms. The van der Waals surface area contributed by atoms with E-state index in [0.29, 0.717) is 5.69 Å². The van der Waals surface area contributed by atoms with Gasteiger partial charge in [-0.05, 0) is 80.9 Å². The van der Waals surface area contributed by atoms with Crippen LogP contribution in [-0.4, -0.2) is 57.9 Å². The van der Waals surface area contributed by atoms with E-state index in [2.05, 4.69) is 38.2 Å². The Morgan fingerprint density at radius 3 is 2.33 bits per heavy atom. The van der Waals surface area contributed by atoms with E-state index in [1.807, 2.05) is 32.1 Å². The number of anilines is 1. The van der Waals surface area contributed by atoms with Gasteiger partial charge in [0.1, 0.15) is 30.2 Å². The van der Waals surface area contributed by atoms with Gasteiger partial charge in [-0.3, -0.25) is 4.79 Å². The van der Waals surface area contributed by atoms with Crippen molar-refractivity contribution in [2.24, 2.45) is 5.41 Å². The van der Waals surface area contributed by atoms with E-state index in [0.717, 1.165) is 17.6 Å². The van der Waals surface area contributed by atoms with E-state index in [1.54, 1.807) is 12.1 Å². The first-order valence-electron chi connectivity index (χ1n) is 13.7. The van der Waals surface area contributed by atoms with Gasteiger partial charge in [0, 0.05) is 11.8 Å². The van der Waals surface area contributed by atoms with Gasteiger partial charge in [0.2, 0.25) is 12.2 Å². The molecule has 222 valence electrons. The molecule has 0 radical (unpaired) electrons. The summed E-state index contributed by atoms with van der Waals surface area (Å²) in [4.78, 5) is 23.6. The molecule has 5 atom stereocenters. The second-order valence-corrected chi connectivity index (χ2v) is 11.3. The molecule has 1 aliphatic carbocycles. The van der Waals surface area contributed by atoms with Crippen LogP contribution in [0.25, 0.3) is 0 Å². The molecule has 1 aliphatic heterocycles. The summed E-state index contributed by atoms with van der Waals surface area (Å²) in [6.45, 7) is 10.7. The zero-order valence-corrected chi connectivity index (χ0v) is 27.2. The molecule has 1 heterocycles. The van der Waals surface area contributed by atoms with Crippen molar-refractivity contribution in [3.63, 3.8) is 0 Å². The summed E-state index contributed by atoms with van der Waals surface area (Å²) >= 11 is 0. The summed E-state index contributed by atoms with van der Waals surface area (Å²) in [5.41, 5.74) is 5.40. The van der Waals surface area contributed by atoms with Gasteiger partial charge in [-0.2, -0.15) is 0 Å². The number of rotatable bonds is 9. The van der Waals surface area contributed by atoms with Crippen LogP contribution in [0.15, 0.2) is 83.0 Å². The minimum absolute atomic E-state index is 0. The molecule has 42 heavy (non-hydrogen) atoms. The standard InChI is InChI=1S/C32H41NO8.Na/c1-19(11-16-24-21(3)10-7-17-32(24,4)5)8-6-9-20(2)18-25(34)33-22-12-14-23(15-13-22)40-31-28(37)26(35)27(36)29(41-31)30(38)39;/h6,8-9,11-16,18,26-29,31,35-37H,7,10,17H2,1-5H3,(H,33,34)(H,38,39);/q;+1/p-1/b9-6+,16-11+,19-8+,20-18+;/t26-,27-,28+,29-,31+;/m0./s1. The number of carbonyl (C=O) groups excluding carboxylic acids is 2. The fraction of sp³-hybridized carbons (Fsp3) is 0.438. The Labute approximate surface area is 269 Å². The predicted octanol–water partition coefficient (Wildman–Crippen LogP) is 0.0970. The average Bonchev–Trinajstić information content (AvgIpc) is 2.89.